The summed E-state index contributed by atoms with van der Waals surface area (Å²) in [6.07, 6.45) is 2.54. The first-order chi connectivity index (χ1) is 7.97. The molecule has 17 heavy (non-hydrogen) atoms. The van der Waals surface area contributed by atoms with Crippen molar-refractivity contribution in [3.63, 3.8) is 0 Å². The van der Waals surface area contributed by atoms with Crippen LogP contribution in [0.3, 0.4) is 0 Å². The highest BCUT2D eigenvalue weighted by molar-refractivity contribution is 5.93. The zero-order chi connectivity index (χ0) is 12.5. The van der Waals surface area contributed by atoms with Crippen molar-refractivity contribution in [1.29, 1.82) is 0 Å². The van der Waals surface area contributed by atoms with Crippen LogP contribution in [0.15, 0.2) is 6.20 Å². The first-order valence-electron chi connectivity index (χ1n) is 5.77. The third kappa shape index (κ3) is 2.76. The summed E-state index contributed by atoms with van der Waals surface area (Å²) in [7, 11) is 0. The number of hydrogen-bond acceptors (Lipinski definition) is 4. The lowest BCUT2D eigenvalue weighted by atomic mass is 10.1. The molecule has 2 heterocycles. The molecule has 1 aromatic rings. The summed E-state index contributed by atoms with van der Waals surface area (Å²) >= 11 is 0. The van der Waals surface area contributed by atoms with Gasteiger partial charge < -0.3 is 20.3 Å². The van der Waals surface area contributed by atoms with Crippen LogP contribution in [0.1, 0.15) is 30.8 Å². The molecule has 1 aliphatic heterocycles. The number of aliphatic hydroxyl groups is 1. The Bertz CT molecular complexity index is 420. The van der Waals surface area contributed by atoms with E-state index in [0.717, 1.165) is 25.5 Å². The Balaban J connectivity index is 2.07. The summed E-state index contributed by atoms with van der Waals surface area (Å²) in [5.74, 6) is 0.541. The fourth-order valence-corrected chi connectivity index (χ4v) is 1.75. The van der Waals surface area contributed by atoms with Gasteiger partial charge in [-0.15, -0.1) is 0 Å². The van der Waals surface area contributed by atoms with Crippen LogP contribution in [0.5, 0.6) is 0 Å². The van der Waals surface area contributed by atoms with Gasteiger partial charge in [0.25, 0.3) is 5.91 Å². The van der Waals surface area contributed by atoms with Crippen LogP contribution in [0, 0.1) is 0 Å². The molecule has 1 amide bonds. The van der Waals surface area contributed by atoms with Crippen LogP contribution in [0.2, 0.25) is 0 Å². The van der Waals surface area contributed by atoms with Crippen LogP contribution in [0.25, 0.3) is 0 Å². The predicted molar refractivity (Wildman–Crippen MR) is 64.0 cm³/mol. The molecule has 94 valence electrons. The normalized spacial score (nSPS) is 15.0. The van der Waals surface area contributed by atoms with E-state index in [1.165, 1.54) is 0 Å². The molecule has 2 rings (SSSR count). The Morgan fingerprint density at radius 2 is 2.47 bits per heavy atom. The minimum atomic E-state index is -0.904. The number of nitrogens with one attached hydrogen (secondary N) is 2. The van der Waals surface area contributed by atoms with Gasteiger partial charge in [0.15, 0.2) is 0 Å². The first kappa shape index (κ1) is 11.9. The molecule has 3 N–H and O–H groups in total. The maximum absolute atomic E-state index is 11.9. The highest BCUT2D eigenvalue weighted by atomic mass is 16.3. The standard InChI is InChI=1S/C11H18N4O2/c1-11(2,17)7-14-9(16)8-6-13-10-12-4-3-5-15(8)10/h6,17H,3-5,7H2,1-2H3,(H,12,13)(H,14,16). The Morgan fingerprint density at radius 3 is 3.18 bits per heavy atom. The molecular weight excluding hydrogens is 220 g/mol. The fourth-order valence-electron chi connectivity index (χ4n) is 1.75. The Hall–Kier alpha value is -1.56. The van der Waals surface area contributed by atoms with E-state index in [1.807, 2.05) is 4.57 Å². The molecular formula is C11H18N4O2. The largest absolute Gasteiger partial charge is 0.389 e. The van der Waals surface area contributed by atoms with Crippen molar-refractivity contribution in [3.05, 3.63) is 11.9 Å². The van der Waals surface area contributed by atoms with Crippen molar-refractivity contribution in [2.24, 2.45) is 0 Å². The maximum Gasteiger partial charge on any atom is 0.269 e. The molecule has 0 aromatic carbocycles. The molecule has 0 aliphatic carbocycles. The fraction of sp³-hybridized carbons (Fsp3) is 0.636. The van der Waals surface area contributed by atoms with Gasteiger partial charge in [-0.25, -0.2) is 4.98 Å². The molecule has 0 bridgehead atoms. The van der Waals surface area contributed by atoms with Crippen molar-refractivity contribution in [1.82, 2.24) is 14.9 Å². The highest BCUT2D eigenvalue weighted by Crippen LogP contribution is 2.15. The van der Waals surface area contributed by atoms with Crippen LogP contribution >= 0.6 is 0 Å². The summed E-state index contributed by atoms with van der Waals surface area (Å²) < 4.78 is 1.86. The third-order valence-corrected chi connectivity index (χ3v) is 2.61. The second-order valence-corrected chi connectivity index (χ2v) is 4.89. The summed E-state index contributed by atoms with van der Waals surface area (Å²) in [5, 5.41) is 15.4. The lowest BCUT2D eigenvalue weighted by molar-refractivity contribution is 0.0689. The lowest BCUT2D eigenvalue weighted by Gasteiger charge is -2.20. The second-order valence-electron chi connectivity index (χ2n) is 4.89. The lowest BCUT2D eigenvalue weighted by Crippen LogP contribution is -2.39. The smallest absolute Gasteiger partial charge is 0.269 e. The Morgan fingerprint density at radius 1 is 1.71 bits per heavy atom. The quantitative estimate of drug-likeness (QED) is 0.703. The van der Waals surface area contributed by atoms with Crippen molar-refractivity contribution in [2.45, 2.75) is 32.4 Å². The minimum Gasteiger partial charge on any atom is -0.389 e. The average Bonchev–Trinajstić information content (AvgIpc) is 2.68. The molecule has 1 aliphatic rings. The van der Waals surface area contributed by atoms with E-state index in [4.69, 9.17) is 0 Å². The monoisotopic (exact) mass is 238 g/mol. The Kier molecular flexibility index (Phi) is 3.06. The highest BCUT2D eigenvalue weighted by Gasteiger charge is 2.20. The van der Waals surface area contributed by atoms with E-state index in [-0.39, 0.29) is 12.5 Å². The predicted octanol–water partition coefficient (Wildman–Crippen LogP) is 0.199. The van der Waals surface area contributed by atoms with Gasteiger partial charge in [-0.1, -0.05) is 0 Å². The van der Waals surface area contributed by atoms with Gasteiger partial charge in [-0.05, 0) is 20.3 Å². The molecule has 0 spiro atoms. The molecule has 0 radical (unpaired) electrons. The van der Waals surface area contributed by atoms with E-state index in [2.05, 4.69) is 15.6 Å². The number of fused-ring (bicyclic) bond motifs is 1. The van der Waals surface area contributed by atoms with Crippen LogP contribution in [-0.2, 0) is 6.54 Å². The number of carbonyl (C=O) groups excluding carboxylic acids is 1. The number of anilines is 1. The summed E-state index contributed by atoms with van der Waals surface area (Å²) in [4.78, 5) is 16.1. The zero-order valence-corrected chi connectivity index (χ0v) is 10.2. The molecule has 0 saturated carbocycles. The van der Waals surface area contributed by atoms with Gasteiger partial charge in [0.05, 0.1) is 11.8 Å². The first-order valence-corrected chi connectivity index (χ1v) is 5.77. The van der Waals surface area contributed by atoms with Gasteiger partial charge in [-0.2, -0.15) is 0 Å². The van der Waals surface area contributed by atoms with Gasteiger partial charge in [0, 0.05) is 19.6 Å². The van der Waals surface area contributed by atoms with Crippen molar-refractivity contribution >= 4 is 11.9 Å². The van der Waals surface area contributed by atoms with E-state index in [0.29, 0.717) is 5.69 Å². The second kappa shape index (κ2) is 4.37. The zero-order valence-electron chi connectivity index (χ0n) is 10.2. The molecule has 0 unspecified atom stereocenters. The van der Waals surface area contributed by atoms with E-state index >= 15 is 0 Å². The summed E-state index contributed by atoms with van der Waals surface area (Å²) in [5.41, 5.74) is -0.366. The van der Waals surface area contributed by atoms with Crippen molar-refractivity contribution < 1.29 is 9.90 Å². The molecule has 1 aromatic heterocycles. The topological polar surface area (TPSA) is 79.2 Å². The number of imidazole rings is 1. The summed E-state index contributed by atoms with van der Waals surface area (Å²) in [6.45, 7) is 5.22. The van der Waals surface area contributed by atoms with Crippen molar-refractivity contribution in [2.75, 3.05) is 18.4 Å². The Labute approximate surface area is 100 Å². The SMILES string of the molecule is CC(C)(O)CNC(=O)c1cnc2n1CCCN2. The minimum absolute atomic E-state index is 0.199. The number of nitrogens with zero attached hydrogens (tertiary/aromatic N) is 2. The molecule has 0 saturated heterocycles. The summed E-state index contributed by atoms with van der Waals surface area (Å²) in [6, 6.07) is 0. The third-order valence-electron chi connectivity index (χ3n) is 2.61. The van der Waals surface area contributed by atoms with E-state index < -0.39 is 5.60 Å². The number of hydrogen-bond donors (Lipinski definition) is 3. The number of rotatable bonds is 3. The average molecular weight is 238 g/mol. The van der Waals surface area contributed by atoms with Gasteiger partial charge in [0.2, 0.25) is 5.95 Å². The molecule has 6 heteroatoms. The molecule has 0 fully saturated rings. The molecule has 6 nitrogen and oxygen atoms in total. The van der Waals surface area contributed by atoms with Gasteiger partial charge >= 0.3 is 0 Å². The van der Waals surface area contributed by atoms with Gasteiger partial charge in [0.1, 0.15) is 5.69 Å². The van der Waals surface area contributed by atoms with Gasteiger partial charge in [-0.3, -0.25) is 4.79 Å². The van der Waals surface area contributed by atoms with E-state index in [9.17, 15) is 9.90 Å². The molecule has 0 atom stereocenters. The maximum atomic E-state index is 11.9. The number of carbonyl (C=O) groups is 1. The number of amides is 1. The van der Waals surface area contributed by atoms with E-state index in [1.54, 1.807) is 20.0 Å². The van der Waals surface area contributed by atoms with Crippen LogP contribution in [0.4, 0.5) is 5.95 Å². The van der Waals surface area contributed by atoms with Crippen LogP contribution in [-0.4, -0.2) is 39.3 Å². The van der Waals surface area contributed by atoms with Crippen LogP contribution < -0.4 is 10.6 Å². The number of aromatic nitrogens is 2. The van der Waals surface area contributed by atoms with Crippen molar-refractivity contribution in [3.8, 4) is 0 Å².